The molecule has 152 valence electrons. The second kappa shape index (κ2) is 8.49. The molecule has 0 saturated carbocycles. The molecule has 0 heterocycles. The Balaban J connectivity index is 1.95. The monoisotopic (exact) mass is 408 g/mol. The first-order valence-corrected chi connectivity index (χ1v) is 11.2. The third-order valence-electron chi connectivity index (χ3n) is 5.02. The first-order valence-electron chi connectivity index (χ1n) is 9.67. The van der Waals surface area contributed by atoms with E-state index in [1.807, 2.05) is 72.8 Å². The lowest BCUT2D eigenvalue weighted by Gasteiger charge is -2.26. The minimum atomic E-state index is -3.75. The lowest BCUT2D eigenvalue weighted by molar-refractivity contribution is 0.504. The molecule has 0 amide bonds. The van der Waals surface area contributed by atoms with E-state index in [4.69, 9.17) is 5.73 Å². The SMILES string of the molecule is CC(C)(C)c1ccc(S(=O)(=O)N[C@H](c2ccccc2)[C@H](N)c2ccccc2)cc1. The maximum atomic E-state index is 13.1. The smallest absolute Gasteiger partial charge is 0.241 e. The summed E-state index contributed by atoms with van der Waals surface area (Å²) in [6, 6.07) is 24.9. The average molecular weight is 409 g/mol. The molecule has 29 heavy (non-hydrogen) atoms. The van der Waals surface area contributed by atoms with Crippen LogP contribution in [0.1, 0.15) is 49.5 Å². The van der Waals surface area contributed by atoms with Crippen molar-refractivity contribution >= 4 is 10.0 Å². The van der Waals surface area contributed by atoms with E-state index < -0.39 is 22.1 Å². The number of nitrogens with two attached hydrogens (primary N) is 1. The lowest BCUT2D eigenvalue weighted by Crippen LogP contribution is -2.36. The highest BCUT2D eigenvalue weighted by atomic mass is 32.2. The second-order valence-electron chi connectivity index (χ2n) is 8.22. The van der Waals surface area contributed by atoms with Crippen LogP contribution >= 0.6 is 0 Å². The Morgan fingerprint density at radius 2 is 1.24 bits per heavy atom. The highest BCUT2D eigenvalue weighted by molar-refractivity contribution is 7.89. The molecule has 4 nitrogen and oxygen atoms in total. The van der Waals surface area contributed by atoms with E-state index in [1.165, 1.54) is 0 Å². The summed E-state index contributed by atoms with van der Waals surface area (Å²) in [5.41, 5.74) is 9.23. The van der Waals surface area contributed by atoms with Gasteiger partial charge in [0, 0.05) is 0 Å². The van der Waals surface area contributed by atoms with Crippen LogP contribution < -0.4 is 10.5 Å². The van der Waals surface area contributed by atoms with E-state index in [1.54, 1.807) is 12.1 Å². The summed E-state index contributed by atoms with van der Waals surface area (Å²) in [7, 11) is -3.75. The topological polar surface area (TPSA) is 72.2 Å². The Labute approximate surface area is 173 Å². The van der Waals surface area contributed by atoms with Gasteiger partial charge in [-0.1, -0.05) is 93.6 Å². The summed E-state index contributed by atoms with van der Waals surface area (Å²) < 4.78 is 29.1. The maximum Gasteiger partial charge on any atom is 0.241 e. The van der Waals surface area contributed by atoms with Crippen molar-refractivity contribution in [3.8, 4) is 0 Å². The fraction of sp³-hybridized carbons (Fsp3) is 0.250. The second-order valence-corrected chi connectivity index (χ2v) is 9.93. The van der Waals surface area contributed by atoms with Gasteiger partial charge < -0.3 is 5.73 Å². The van der Waals surface area contributed by atoms with E-state index >= 15 is 0 Å². The number of rotatable bonds is 6. The van der Waals surface area contributed by atoms with Crippen molar-refractivity contribution in [1.82, 2.24) is 4.72 Å². The zero-order chi connectivity index (χ0) is 21.1. The van der Waals surface area contributed by atoms with Crippen LogP contribution in [-0.4, -0.2) is 8.42 Å². The standard InChI is InChI=1S/C24H28N2O2S/c1-24(2,3)20-14-16-21(17-15-20)29(27,28)26-23(19-12-8-5-9-13-19)22(25)18-10-6-4-7-11-18/h4-17,22-23,26H,25H2,1-3H3/t22-,23-/m1/s1. The highest BCUT2D eigenvalue weighted by Crippen LogP contribution is 2.29. The van der Waals surface area contributed by atoms with Crippen LogP contribution in [0, 0.1) is 0 Å². The fourth-order valence-corrected chi connectivity index (χ4v) is 4.49. The highest BCUT2D eigenvalue weighted by Gasteiger charge is 2.27. The Morgan fingerprint density at radius 3 is 1.72 bits per heavy atom. The van der Waals surface area contributed by atoms with Crippen LogP contribution in [0.3, 0.4) is 0 Å². The van der Waals surface area contributed by atoms with Crippen LogP contribution in [-0.2, 0) is 15.4 Å². The molecule has 0 saturated heterocycles. The largest absolute Gasteiger partial charge is 0.322 e. The van der Waals surface area contributed by atoms with Crippen LogP contribution in [0.5, 0.6) is 0 Å². The summed E-state index contributed by atoms with van der Waals surface area (Å²) in [5, 5.41) is 0. The van der Waals surface area contributed by atoms with Gasteiger partial charge in [0.2, 0.25) is 10.0 Å². The van der Waals surface area contributed by atoms with Crippen molar-refractivity contribution in [1.29, 1.82) is 0 Å². The molecule has 0 aromatic heterocycles. The third kappa shape index (κ3) is 5.12. The summed E-state index contributed by atoms with van der Waals surface area (Å²) in [6.07, 6.45) is 0. The maximum absolute atomic E-state index is 13.1. The zero-order valence-electron chi connectivity index (χ0n) is 17.0. The summed E-state index contributed by atoms with van der Waals surface area (Å²) in [6.45, 7) is 6.29. The van der Waals surface area contributed by atoms with Gasteiger partial charge in [-0.05, 0) is 34.2 Å². The molecule has 0 radical (unpaired) electrons. The molecule has 5 heteroatoms. The van der Waals surface area contributed by atoms with Gasteiger partial charge in [0.25, 0.3) is 0 Å². The van der Waals surface area contributed by atoms with Gasteiger partial charge in [-0.3, -0.25) is 0 Å². The molecule has 0 aliphatic carbocycles. The number of hydrogen-bond acceptors (Lipinski definition) is 3. The molecule has 0 fully saturated rings. The Hall–Kier alpha value is -2.47. The molecule has 0 unspecified atom stereocenters. The first-order chi connectivity index (χ1) is 13.7. The predicted molar refractivity (Wildman–Crippen MR) is 118 cm³/mol. The lowest BCUT2D eigenvalue weighted by atomic mass is 9.87. The van der Waals surface area contributed by atoms with Crippen molar-refractivity contribution in [2.45, 2.75) is 43.2 Å². The predicted octanol–water partition coefficient (Wildman–Crippen LogP) is 4.70. The number of nitrogens with one attached hydrogen (secondary N) is 1. The van der Waals surface area contributed by atoms with Crippen molar-refractivity contribution < 1.29 is 8.42 Å². The molecule has 3 aromatic carbocycles. The van der Waals surface area contributed by atoms with Gasteiger partial charge in [-0.25, -0.2) is 13.1 Å². The van der Waals surface area contributed by atoms with Crippen molar-refractivity contribution in [3.63, 3.8) is 0 Å². The van der Waals surface area contributed by atoms with Gasteiger partial charge in [0.15, 0.2) is 0 Å². The fourth-order valence-electron chi connectivity index (χ4n) is 3.25. The van der Waals surface area contributed by atoms with Gasteiger partial charge in [0.05, 0.1) is 17.0 Å². The molecule has 0 spiro atoms. The van der Waals surface area contributed by atoms with Gasteiger partial charge >= 0.3 is 0 Å². The molecular formula is C24H28N2O2S. The average Bonchev–Trinajstić information content (AvgIpc) is 2.72. The van der Waals surface area contributed by atoms with E-state index in [2.05, 4.69) is 25.5 Å². The molecule has 3 aromatic rings. The zero-order valence-corrected chi connectivity index (χ0v) is 17.9. The summed E-state index contributed by atoms with van der Waals surface area (Å²) >= 11 is 0. The number of hydrogen-bond donors (Lipinski definition) is 2. The van der Waals surface area contributed by atoms with Crippen molar-refractivity contribution in [2.24, 2.45) is 5.73 Å². The molecule has 3 rings (SSSR count). The van der Waals surface area contributed by atoms with Gasteiger partial charge in [-0.2, -0.15) is 0 Å². The number of sulfonamides is 1. The minimum Gasteiger partial charge on any atom is -0.322 e. The molecular weight excluding hydrogens is 380 g/mol. The van der Waals surface area contributed by atoms with E-state index in [-0.39, 0.29) is 10.3 Å². The van der Waals surface area contributed by atoms with Crippen molar-refractivity contribution in [3.05, 3.63) is 102 Å². The van der Waals surface area contributed by atoms with Gasteiger partial charge in [-0.15, -0.1) is 0 Å². The molecule has 0 bridgehead atoms. The Bertz CT molecular complexity index is 1030. The molecule has 2 atom stereocenters. The van der Waals surface area contributed by atoms with Crippen LogP contribution in [0.2, 0.25) is 0 Å². The van der Waals surface area contributed by atoms with Gasteiger partial charge in [0.1, 0.15) is 0 Å². The molecule has 3 N–H and O–H groups in total. The number of benzene rings is 3. The Kier molecular flexibility index (Phi) is 6.22. The summed E-state index contributed by atoms with van der Waals surface area (Å²) in [4.78, 5) is 0.228. The van der Waals surface area contributed by atoms with Crippen LogP contribution in [0.15, 0.2) is 89.8 Å². The van der Waals surface area contributed by atoms with E-state index in [0.29, 0.717) is 0 Å². The van der Waals surface area contributed by atoms with E-state index in [0.717, 1.165) is 16.7 Å². The van der Waals surface area contributed by atoms with Crippen molar-refractivity contribution in [2.75, 3.05) is 0 Å². The van der Waals surface area contributed by atoms with Crippen LogP contribution in [0.4, 0.5) is 0 Å². The molecule has 0 aliphatic rings. The quantitative estimate of drug-likeness (QED) is 0.621. The normalized spacial score (nSPS) is 14.3. The Morgan fingerprint density at radius 1 is 0.759 bits per heavy atom. The van der Waals surface area contributed by atoms with Crippen LogP contribution in [0.25, 0.3) is 0 Å². The molecule has 0 aliphatic heterocycles. The third-order valence-corrected chi connectivity index (χ3v) is 6.47. The first kappa shape index (κ1) is 21.2. The van der Waals surface area contributed by atoms with E-state index in [9.17, 15) is 8.42 Å². The summed E-state index contributed by atoms with van der Waals surface area (Å²) in [5.74, 6) is 0. The minimum absolute atomic E-state index is 0.0437.